The second-order valence-corrected chi connectivity index (χ2v) is 5.35. The Morgan fingerprint density at radius 1 is 1.32 bits per heavy atom. The SMILES string of the molecule is CC(=O)c1ccc2c(ccn2CC2CCOCC2)c1. The lowest BCUT2D eigenvalue weighted by molar-refractivity contribution is 0.0616. The third kappa shape index (κ3) is 2.56. The third-order valence-electron chi connectivity index (χ3n) is 3.97. The Kier molecular flexibility index (Phi) is 3.38. The van der Waals surface area contributed by atoms with Gasteiger partial charge in [0, 0.05) is 42.4 Å². The number of carbonyl (C=O) groups is 1. The van der Waals surface area contributed by atoms with Gasteiger partial charge in [-0.3, -0.25) is 4.79 Å². The number of hydrogen-bond acceptors (Lipinski definition) is 2. The first-order chi connectivity index (χ1) is 9.24. The van der Waals surface area contributed by atoms with Crippen LogP contribution >= 0.6 is 0 Å². The number of fused-ring (bicyclic) bond motifs is 1. The van der Waals surface area contributed by atoms with Gasteiger partial charge < -0.3 is 9.30 Å². The summed E-state index contributed by atoms with van der Waals surface area (Å²) in [5.74, 6) is 0.830. The summed E-state index contributed by atoms with van der Waals surface area (Å²) < 4.78 is 7.70. The fourth-order valence-electron chi connectivity index (χ4n) is 2.79. The number of carbonyl (C=O) groups excluding carboxylic acids is 1. The van der Waals surface area contributed by atoms with Crippen molar-refractivity contribution >= 4 is 16.7 Å². The molecule has 3 heteroatoms. The molecule has 0 radical (unpaired) electrons. The number of rotatable bonds is 3. The van der Waals surface area contributed by atoms with E-state index < -0.39 is 0 Å². The fourth-order valence-corrected chi connectivity index (χ4v) is 2.79. The normalized spacial score (nSPS) is 16.9. The molecule has 0 amide bonds. The second-order valence-electron chi connectivity index (χ2n) is 5.35. The van der Waals surface area contributed by atoms with Crippen molar-refractivity contribution in [2.75, 3.05) is 13.2 Å². The molecular formula is C16H19NO2. The molecule has 0 bridgehead atoms. The maximum absolute atomic E-state index is 11.4. The molecule has 19 heavy (non-hydrogen) atoms. The molecule has 100 valence electrons. The first-order valence-electron chi connectivity index (χ1n) is 6.91. The van der Waals surface area contributed by atoms with Crippen molar-refractivity contribution in [3.05, 3.63) is 36.0 Å². The van der Waals surface area contributed by atoms with Gasteiger partial charge in [0.1, 0.15) is 0 Å². The molecule has 1 aromatic carbocycles. The van der Waals surface area contributed by atoms with Gasteiger partial charge in [-0.2, -0.15) is 0 Å². The second kappa shape index (κ2) is 5.17. The van der Waals surface area contributed by atoms with E-state index >= 15 is 0 Å². The number of hydrogen-bond donors (Lipinski definition) is 0. The molecule has 3 nitrogen and oxygen atoms in total. The molecule has 0 N–H and O–H groups in total. The van der Waals surface area contributed by atoms with Gasteiger partial charge in [-0.1, -0.05) is 0 Å². The molecule has 3 rings (SSSR count). The minimum Gasteiger partial charge on any atom is -0.381 e. The smallest absolute Gasteiger partial charge is 0.159 e. The predicted octanol–water partition coefficient (Wildman–Crippen LogP) is 3.27. The zero-order chi connectivity index (χ0) is 13.2. The summed E-state index contributed by atoms with van der Waals surface area (Å²) in [5.41, 5.74) is 2.01. The van der Waals surface area contributed by atoms with Crippen LogP contribution in [-0.4, -0.2) is 23.6 Å². The summed E-state index contributed by atoms with van der Waals surface area (Å²) in [4.78, 5) is 11.4. The van der Waals surface area contributed by atoms with Crippen LogP contribution in [0.4, 0.5) is 0 Å². The molecule has 0 unspecified atom stereocenters. The molecule has 0 spiro atoms. The summed E-state index contributed by atoms with van der Waals surface area (Å²) in [5, 5.41) is 1.15. The Bertz CT molecular complexity index is 594. The van der Waals surface area contributed by atoms with Crippen molar-refractivity contribution < 1.29 is 9.53 Å². The molecule has 2 heterocycles. The molecule has 0 saturated carbocycles. The van der Waals surface area contributed by atoms with Crippen LogP contribution in [-0.2, 0) is 11.3 Å². The molecule has 0 atom stereocenters. The molecule has 1 aliphatic heterocycles. The van der Waals surface area contributed by atoms with Crippen LogP contribution in [0.3, 0.4) is 0 Å². The van der Waals surface area contributed by atoms with Gasteiger partial charge in [0.2, 0.25) is 0 Å². The monoisotopic (exact) mass is 257 g/mol. The molecule has 1 saturated heterocycles. The first kappa shape index (κ1) is 12.4. The van der Waals surface area contributed by atoms with Gasteiger partial charge in [0.25, 0.3) is 0 Å². The minimum atomic E-state index is 0.124. The van der Waals surface area contributed by atoms with Crippen molar-refractivity contribution in [3.8, 4) is 0 Å². The van der Waals surface area contributed by atoms with Crippen LogP contribution in [0.25, 0.3) is 10.9 Å². The van der Waals surface area contributed by atoms with Gasteiger partial charge in [0.15, 0.2) is 5.78 Å². The molecule has 0 aliphatic carbocycles. The van der Waals surface area contributed by atoms with Crippen molar-refractivity contribution in [2.24, 2.45) is 5.92 Å². The van der Waals surface area contributed by atoms with Gasteiger partial charge in [-0.05, 0) is 49.9 Å². The molecular weight excluding hydrogens is 238 g/mol. The summed E-state index contributed by atoms with van der Waals surface area (Å²) in [7, 11) is 0. The van der Waals surface area contributed by atoms with Crippen molar-refractivity contribution in [3.63, 3.8) is 0 Å². The summed E-state index contributed by atoms with van der Waals surface area (Å²) in [6.45, 7) is 4.43. The average molecular weight is 257 g/mol. The van der Waals surface area contributed by atoms with E-state index in [0.717, 1.165) is 43.5 Å². The molecule has 1 fully saturated rings. The standard InChI is InChI=1S/C16H19NO2/c1-12(18)14-2-3-16-15(10-14)4-7-17(16)11-13-5-8-19-9-6-13/h2-4,7,10,13H,5-6,8-9,11H2,1H3. The van der Waals surface area contributed by atoms with Crippen molar-refractivity contribution in [1.29, 1.82) is 0 Å². The summed E-state index contributed by atoms with van der Waals surface area (Å²) >= 11 is 0. The Balaban J connectivity index is 1.86. The van der Waals surface area contributed by atoms with E-state index in [1.807, 2.05) is 12.1 Å². The number of benzene rings is 1. The van der Waals surface area contributed by atoms with E-state index in [1.54, 1.807) is 6.92 Å². The first-order valence-corrected chi connectivity index (χ1v) is 6.91. The summed E-state index contributed by atoms with van der Waals surface area (Å²) in [6.07, 6.45) is 4.42. The highest BCUT2D eigenvalue weighted by molar-refractivity contribution is 5.98. The number of aromatic nitrogens is 1. The number of nitrogens with zero attached hydrogens (tertiary/aromatic N) is 1. The van der Waals surface area contributed by atoms with E-state index in [2.05, 4.69) is 22.9 Å². The zero-order valence-corrected chi connectivity index (χ0v) is 11.3. The van der Waals surface area contributed by atoms with E-state index in [4.69, 9.17) is 4.74 Å². The molecule has 2 aromatic rings. The van der Waals surface area contributed by atoms with Crippen LogP contribution in [0.5, 0.6) is 0 Å². The number of ketones is 1. The quantitative estimate of drug-likeness (QED) is 0.790. The van der Waals surface area contributed by atoms with E-state index in [0.29, 0.717) is 5.92 Å². The Morgan fingerprint density at radius 3 is 2.84 bits per heavy atom. The van der Waals surface area contributed by atoms with Gasteiger partial charge in [0.05, 0.1) is 0 Å². The predicted molar refractivity (Wildman–Crippen MR) is 75.5 cm³/mol. The Labute approximate surface area is 113 Å². The molecule has 1 aromatic heterocycles. The maximum Gasteiger partial charge on any atom is 0.159 e. The number of ether oxygens (including phenoxy) is 1. The largest absolute Gasteiger partial charge is 0.381 e. The zero-order valence-electron chi connectivity index (χ0n) is 11.3. The summed E-state index contributed by atoms with van der Waals surface area (Å²) in [6, 6.07) is 8.07. The highest BCUT2D eigenvalue weighted by Crippen LogP contribution is 2.22. The van der Waals surface area contributed by atoms with E-state index in [-0.39, 0.29) is 5.78 Å². The van der Waals surface area contributed by atoms with Crippen molar-refractivity contribution in [2.45, 2.75) is 26.3 Å². The minimum absolute atomic E-state index is 0.124. The van der Waals surface area contributed by atoms with Gasteiger partial charge in [-0.25, -0.2) is 0 Å². The topological polar surface area (TPSA) is 31.2 Å². The van der Waals surface area contributed by atoms with Crippen LogP contribution < -0.4 is 0 Å². The highest BCUT2D eigenvalue weighted by atomic mass is 16.5. The lowest BCUT2D eigenvalue weighted by Crippen LogP contribution is -2.20. The maximum atomic E-state index is 11.4. The average Bonchev–Trinajstić information content (AvgIpc) is 2.82. The number of Topliss-reactive ketones (excluding diaryl/α,β-unsaturated/α-hetero) is 1. The Hall–Kier alpha value is -1.61. The lowest BCUT2D eigenvalue weighted by Gasteiger charge is -2.22. The van der Waals surface area contributed by atoms with Crippen LogP contribution in [0.15, 0.2) is 30.5 Å². The third-order valence-corrected chi connectivity index (χ3v) is 3.97. The van der Waals surface area contributed by atoms with E-state index in [9.17, 15) is 4.79 Å². The van der Waals surface area contributed by atoms with Gasteiger partial charge in [-0.15, -0.1) is 0 Å². The van der Waals surface area contributed by atoms with Crippen LogP contribution in [0, 0.1) is 5.92 Å². The van der Waals surface area contributed by atoms with Crippen molar-refractivity contribution in [1.82, 2.24) is 4.57 Å². The molecule has 1 aliphatic rings. The van der Waals surface area contributed by atoms with Gasteiger partial charge >= 0.3 is 0 Å². The van der Waals surface area contributed by atoms with Crippen LogP contribution in [0.2, 0.25) is 0 Å². The van der Waals surface area contributed by atoms with Crippen LogP contribution in [0.1, 0.15) is 30.1 Å². The van der Waals surface area contributed by atoms with E-state index in [1.165, 1.54) is 5.52 Å². The highest BCUT2D eigenvalue weighted by Gasteiger charge is 2.15. The lowest BCUT2D eigenvalue weighted by atomic mass is 10.0. The Morgan fingerprint density at radius 2 is 2.11 bits per heavy atom. The fraction of sp³-hybridized carbons (Fsp3) is 0.438.